The van der Waals surface area contributed by atoms with Crippen molar-refractivity contribution >= 4 is 11.9 Å². The van der Waals surface area contributed by atoms with E-state index in [1.54, 1.807) is 18.2 Å². The molecule has 0 N–H and O–H groups in total. The van der Waals surface area contributed by atoms with Crippen LogP contribution in [0, 0.1) is 0 Å². The minimum Gasteiger partial charge on any atom is -0.490 e. The first-order valence-electron chi connectivity index (χ1n) is 6.67. The number of carbonyl (C=O) groups excluding carboxylic acids is 2. The van der Waals surface area contributed by atoms with Crippen LogP contribution in [0.5, 0.6) is 17.2 Å². The average Bonchev–Trinajstić information content (AvgIpc) is 2.37. The van der Waals surface area contributed by atoms with Crippen molar-refractivity contribution in [2.45, 2.75) is 40.0 Å². The SMILES string of the molecule is CCCCCOc1cccc(OC(C)=O)c1OC(C)=O. The Hall–Kier alpha value is -2.04. The third-order valence-corrected chi connectivity index (χ3v) is 2.45. The fourth-order valence-corrected chi connectivity index (χ4v) is 1.62. The summed E-state index contributed by atoms with van der Waals surface area (Å²) in [6, 6.07) is 4.91. The molecule has 5 heteroatoms. The summed E-state index contributed by atoms with van der Waals surface area (Å²) in [5.74, 6) is -0.257. The molecule has 0 aliphatic heterocycles. The van der Waals surface area contributed by atoms with Crippen LogP contribution >= 0.6 is 0 Å². The van der Waals surface area contributed by atoms with Crippen molar-refractivity contribution < 1.29 is 23.8 Å². The van der Waals surface area contributed by atoms with Crippen molar-refractivity contribution in [1.82, 2.24) is 0 Å². The zero-order valence-electron chi connectivity index (χ0n) is 12.1. The second kappa shape index (κ2) is 8.19. The maximum Gasteiger partial charge on any atom is 0.308 e. The first-order valence-corrected chi connectivity index (χ1v) is 6.67. The minimum atomic E-state index is -0.497. The Morgan fingerprint density at radius 1 is 1.00 bits per heavy atom. The van der Waals surface area contributed by atoms with Crippen LogP contribution in [-0.4, -0.2) is 18.5 Å². The standard InChI is InChI=1S/C15H20O5/c1-4-5-6-10-18-13-8-7-9-14(19-11(2)16)15(13)20-12(3)17/h7-9H,4-6,10H2,1-3H3. The van der Waals surface area contributed by atoms with E-state index in [2.05, 4.69) is 6.92 Å². The van der Waals surface area contributed by atoms with Crippen LogP contribution in [0.3, 0.4) is 0 Å². The molecule has 0 aliphatic carbocycles. The average molecular weight is 280 g/mol. The molecule has 0 saturated heterocycles. The summed E-state index contributed by atoms with van der Waals surface area (Å²) in [6.07, 6.45) is 3.06. The Bertz CT molecular complexity index is 467. The van der Waals surface area contributed by atoms with Crippen molar-refractivity contribution in [2.75, 3.05) is 6.61 Å². The zero-order chi connectivity index (χ0) is 15.0. The number of carbonyl (C=O) groups is 2. The maximum atomic E-state index is 11.2. The molecule has 1 aromatic rings. The van der Waals surface area contributed by atoms with Crippen molar-refractivity contribution in [2.24, 2.45) is 0 Å². The number of hydrogen-bond acceptors (Lipinski definition) is 5. The van der Waals surface area contributed by atoms with Crippen LogP contribution in [0.2, 0.25) is 0 Å². The summed E-state index contributed by atoms with van der Waals surface area (Å²) in [5, 5.41) is 0. The van der Waals surface area contributed by atoms with Crippen LogP contribution in [0.4, 0.5) is 0 Å². The van der Waals surface area contributed by atoms with Gasteiger partial charge in [0.2, 0.25) is 5.75 Å². The summed E-state index contributed by atoms with van der Waals surface area (Å²) in [5.41, 5.74) is 0. The molecule has 5 nitrogen and oxygen atoms in total. The molecule has 0 saturated carbocycles. The molecule has 0 radical (unpaired) electrons. The summed E-state index contributed by atoms with van der Waals surface area (Å²) in [4.78, 5) is 22.2. The van der Waals surface area contributed by atoms with Gasteiger partial charge in [0.1, 0.15) is 0 Å². The first-order chi connectivity index (χ1) is 9.54. The first kappa shape index (κ1) is 16.0. The summed E-state index contributed by atoms with van der Waals surface area (Å²) >= 11 is 0. The van der Waals surface area contributed by atoms with Gasteiger partial charge in [-0.3, -0.25) is 9.59 Å². The van der Waals surface area contributed by atoms with Gasteiger partial charge in [0.25, 0.3) is 0 Å². The Balaban J connectivity index is 2.90. The Labute approximate surface area is 118 Å². The topological polar surface area (TPSA) is 61.8 Å². The highest BCUT2D eigenvalue weighted by atomic mass is 16.6. The number of ether oxygens (including phenoxy) is 3. The molecule has 0 atom stereocenters. The second-order valence-corrected chi connectivity index (χ2v) is 4.33. The lowest BCUT2D eigenvalue weighted by Gasteiger charge is -2.14. The molecule has 0 aliphatic rings. The lowest BCUT2D eigenvalue weighted by molar-refractivity contribution is -0.134. The van der Waals surface area contributed by atoms with Crippen molar-refractivity contribution in [3.05, 3.63) is 18.2 Å². The van der Waals surface area contributed by atoms with Crippen LogP contribution in [0.25, 0.3) is 0 Å². The molecule has 0 bridgehead atoms. The third kappa shape index (κ3) is 5.30. The molecule has 110 valence electrons. The quantitative estimate of drug-likeness (QED) is 0.436. The van der Waals surface area contributed by atoms with E-state index in [0.717, 1.165) is 19.3 Å². The summed E-state index contributed by atoms with van der Waals surface area (Å²) in [7, 11) is 0. The van der Waals surface area contributed by atoms with Crippen molar-refractivity contribution in [3.63, 3.8) is 0 Å². The number of esters is 2. The molecular weight excluding hydrogens is 260 g/mol. The monoisotopic (exact) mass is 280 g/mol. The maximum absolute atomic E-state index is 11.2. The van der Waals surface area contributed by atoms with Gasteiger partial charge in [-0.15, -0.1) is 0 Å². The molecule has 0 heterocycles. The van der Waals surface area contributed by atoms with E-state index in [0.29, 0.717) is 12.4 Å². The van der Waals surface area contributed by atoms with Gasteiger partial charge in [-0.2, -0.15) is 0 Å². The highest BCUT2D eigenvalue weighted by Crippen LogP contribution is 2.37. The van der Waals surface area contributed by atoms with E-state index in [1.807, 2.05) is 0 Å². The van der Waals surface area contributed by atoms with Gasteiger partial charge >= 0.3 is 11.9 Å². The minimum absolute atomic E-state index is 0.145. The molecule has 1 aromatic carbocycles. The number of benzene rings is 1. The predicted molar refractivity (Wildman–Crippen MR) is 74.1 cm³/mol. The zero-order valence-corrected chi connectivity index (χ0v) is 12.1. The molecule has 0 amide bonds. The van der Waals surface area contributed by atoms with Crippen molar-refractivity contribution in [1.29, 1.82) is 0 Å². The third-order valence-electron chi connectivity index (χ3n) is 2.45. The number of rotatable bonds is 7. The van der Waals surface area contributed by atoms with E-state index < -0.39 is 11.9 Å². The molecule has 0 spiro atoms. The fraction of sp³-hybridized carbons (Fsp3) is 0.467. The second-order valence-electron chi connectivity index (χ2n) is 4.33. The van der Waals surface area contributed by atoms with Crippen LogP contribution in [0.15, 0.2) is 18.2 Å². The van der Waals surface area contributed by atoms with E-state index in [-0.39, 0.29) is 11.5 Å². The molecule has 0 unspecified atom stereocenters. The number of para-hydroxylation sites is 1. The van der Waals surface area contributed by atoms with Gasteiger partial charge in [0.15, 0.2) is 11.5 Å². The van der Waals surface area contributed by atoms with E-state index in [4.69, 9.17) is 14.2 Å². The Morgan fingerprint density at radius 3 is 2.25 bits per heavy atom. The highest BCUT2D eigenvalue weighted by Gasteiger charge is 2.16. The van der Waals surface area contributed by atoms with Crippen molar-refractivity contribution in [3.8, 4) is 17.2 Å². The Kier molecular flexibility index (Phi) is 6.56. The number of hydrogen-bond donors (Lipinski definition) is 0. The van der Waals surface area contributed by atoms with Gasteiger partial charge in [0, 0.05) is 13.8 Å². The molecule has 0 aromatic heterocycles. The van der Waals surface area contributed by atoms with Gasteiger partial charge in [-0.05, 0) is 18.6 Å². The van der Waals surface area contributed by atoms with Gasteiger partial charge in [0.05, 0.1) is 6.61 Å². The molecule has 20 heavy (non-hydrogen) atoms. The van der Waals surface area contributed by atoms with E-state index in [1.165, 1.54) is 13.8 Å². The largest absolute Gasteiger partial charge is 0.490 e. The fourth-order valence-electron chi connectivity index (χ4n) is 1.62. The van der Waals surface area contributed by atoms with Crippen LogP contribution in [0.1, 0.15) is 40.0 Å². The van der Waals surface area contributed by atoms with Crippen LogP contribution < -0.4 is 14.2 Å². The molecular formula is C15H20O5. The normalized spacial score (nSPS) is 9.95. The lowest BCUT2D eigenvalue weighted by Crippen LogP contribution is -2.09. The lowest BCUT2D eigenvalue weighted by atomic mass is 10.2. The number of unbranched alkanes of at least 4 members (excludes halogenated alkanes) is 2. The van der Waals surface area contributed by atoms with Gasteiger partial charge < -0.3 is 14.2 Å². The molecule has 1 rings (SSSR count). The van der Waals surface area contributed by atoms with Gasteiger partial charge in [-0.1, -0.05) is 25.8 Å². The summed E-state index contributed by atoms with van der Waals surface area (Å²) in [6.45, 7) is 5.19. The summed E-state index contributed by atoms with van der Waals surface area (Å²) < 4.78 is 15.7. The van der Waals surface area contributed by atoms with Crippen LogP contribution in [-0.2, 0) is 9.59 Å². The van der Waals surface area contributed by atoms with E-state index >= 15 is 0 Å². The van der Waals surface area contributed by atoms with Gasteiger partial charge in [-0.25, -0.2) is 0 Å². The Morgan fingerprint density at radius 2 is 1.65 bits per heavy atom. The predicted octanol–water partition coefficient (Wildman–Crippen LogP) is 3.11. The highest BCUT2D eigenvalue weighted by molar-refractivity contribution is 5.75. The smallest absolute Gasteiger partial charge is 0.308 e. The van der Waals surface area contributed by atoms with E-state index in [9.17, 15) is 9.59 Å². The molecule has 0 fully saturated rings.